The molecule has 1 aliphatic carbocycles. The fraction of sp³-hybridized carbons (Fsp3) is 0.368. The van der Waals surface area contributed by atoms with Crippen LogP contribution in [0.4, 0.5) is 16.4 Å². The summed E-state index contributed by atoms with van der Waals surface area (Å²) in [6.45, 7) is 3.75. The first kappa shape index (κ1) is 20.2. The van der Waals surface area contributed by atoms with E-state index in [0.29, 0.717) is 28.4 Å². The van der Waals surface area contributed by atoms with Gasteiger partial charge in [0.25, 0.3) is 5.69 Å². The monoisotopic (exact) mass is 419 g/mol. The number of carbonyl (C=O) groups is 1. The van der Waals surface area contributed by atoms with E-state index in [0.717, 1.165) is 31.2 Å². The number of aryl methyl sites for hydroxylation is 1. The van der Waals surface area contributed by atoms with Gasteiger partial charge < -0.3 is 15.4 Å². The van der Waals surface area contributed by atoms with Gasteiger partial charge >= 0.3 is 5.97 Å². The van der Waals surface area contributed by atoms with Crippen molar-refractivity contribution in [3.63, 3.8) is 0 Å². The van der Waals surface area contributed by atoms with Gasteiger partial charge in [-0.05, 0) is 63.4 Å². The Morgan fingerprint density at radius 2 is 2.07 bits per heavy atom. The number of rotatable bonds is 5. The summed E-state index contributed by atoms with van der Waals surface area (Å²) in [5.74, 6) is -0.348. The molecule has 0 unspecified atom stereocenters. The zero-order valence-electron chi connectivity index (χ0n) is 15.7. The van der Waals surface area contributed by atoms with Crippen molar-refractivity contribution >= 4 is 51.0 Å². The molecule has 2 N–H and O–H groups in total. The Morgan fingerprint density at radius 1 is 1.32 bits per heavy atom. The van der Waals surface area contributed by atoms with E-state index in [4.69, 9.17) is 17.0 Å². The highest BCUT2D eigenvalue weighted by molar-refractivity contribution is 7.80. The highest BCUT2D eigenvalue weighted by Crippen LogP contribution is 2.38. The summed E-state index contributed by atoms with van der Waals surface area (Å²) >= 11 is 6.92. The molecule has 1 heterocycles. The van der Waals surface area contributed by atoms with Crippen molar-refractivity contribution in [1.82, 2.24) is 0 Å². The van der Waals surface area contributed by atoms with E-state index in [9.17, 15) is 14.9 Å². The number of hydrogen-bond acceptors (Lipinski definition) is 6. The number of carbonyl (C=O) groups excluding carboxylic acids is 1. The van der Waals surface area contributed by atoms with Crippen LogP contribution in [-0.2, 0) is 17.6 Å². The molecular formula is C19H21N3O4S2. The van der Waals surface area contributed by atoms with Gasteiger partial charge in [-0.2, -0.15) is 0 Å². The second-order valence-corrected chi connectivity index (χ2v) is 7.93. The molecule has 0 radical (unpaired) electrons. The second kappa shape index (κ2) is 8.66. The highest BCUT2D eigenvalue weighted by atomic mass is 32.1. The Balaban J connectivity index is 1.85. The predicted molar refractivity (Wildman–Crippen MR) is 115 cm³/mol. The Hall–Kier alpha value is -2.52. The van der Waals surface area contributed by atoms with Crippen LogP contribution >= 0.6 is 23.6 Å². The smallest absolute Gasteiger partial charge is 0.341 e. The van der Waals surface area contributed by atoms with Crippen molar-refractivity contribution in [3.8, 4) is 0 Å². The van der Waals surface area contributed by atoms with E-state index in [2.05, 4.69) is 10.6 Å². The van der Waals surface area contributed by atoms with E-state index in [1.54, 1.807) is 26.0 Å². The van der Waals surface area contributed by atoms with Gasteiger partial charge in [0.2, 0.25) is 0 Å². The lowest BCUT2D eigenvalue weighted by Crippen LogP contribution is -2.21. The number of esters is 1. The number of benzene rings is 1. The lowest BCUT2D eigenvalue weighted by Gasteiger charge is -2.14. The van der Waals surface area contributed by atoms with Gasteiger partial charge in [-0.25, -0.2) is 4.79 Å². The predicted octanol–water partition coefficient (Wildman–Crippen LogP) is 4.83. The molecular weight excluding hydrogens is 398 g/mol. The van der Waals surface area contributed by atoms with Gasteiger partial charge in [-0.3, -0.25) is 10.1 Å². The number of nitro benzene ring substituents is 1. The third-order valence-electron chi connectivity index (χ3n) is 4.63. The maximum Gasteiger partial charge on any atom is 0.341 e. The minimum absolute atomic E-state index is 0.0200. The minimum atomic E-state index is -0.427. The van der Waals surface area contributed by atoms with Crippen LogP contribution in [0.3, 0.4) is 0 Å². The van der Waals surface area contributed by atoms with Crippen LogP contribution in [-0.4, -0.2) is 22.6 Å². The molecule has 0 aliphatic heterocycles. The largest absolute Gasteiger partial charge is 0.462 e. The molecule has 0 amide bonds. The number of ether oxygens (including phenoxy) is 1. The Labute approximate surface area is 172 Å². The zero-order chi connectivity index (χ0) is 20.3. The van der Waals surface area contributed by atoms with Gasteiger partial charge in [0, 0.05) is 10.9 Å². The van der Waals surface area contributed by atoms with E-state index < -0.39 is 4.92 Å². The van der Waals surface area contributed by atoms with Crippen molar-refractivity contribution < 1.29 is 14.5 Å². The molecule has 2 aromatic rings. The van der Waals surface area contributed by atoms with Crippen LogP contribution in [0.5, 0.6) is 0 Å². The van der Waals surface area contributed by atoms with E-state index in [1.807, 2.05) is 0 Å². The number of nitrogens with one attached hydrogen (secondary N) is 2. The summed E-state index contributed by atoms with van der Waals surface area (Å²) in [6, 6.07) is 4.77. The number of nitrogens with zero attached hydrogens (tertiary/aromatic N) is 1. The first-order chi connectivity index (χ1) is 13.4. The summed E-state index contributed by atoms with van der Waals surface area (Å²) in [7, 11) is 0. The molecule has 1 aliphatic rings. The van der Waals surface area contributed by atoms with Gasteiger partial charge in [0.1, 0.15) is 5.00 Å². The number of fused-ring (bicyclic) bond motifs is 1. The lowest BCUT2D eigenvalue weighted by molar-refractivity contribution is -0.385. The van der Waals surface area contributed by atoms with Crippen molar-refractivity contribution in [2.45, 2.75) is 39.5 Å². The quantitative estimate of drug-likeness (QED) is 0.310. The molecule has 0 fully saturated rings. The molecule has 1 aromatic heterocycles. The maximum absolute atomic E-state index is 12.5. The summed E-state index contributed by atoms with van der Waals surface area (Å²) in [4.78, 5) is 24.4. The number of thiocarbonyl (C=S) groups is 1. The molecule has 0 saturated heterocycles. The first-order valence-electron chi connectivity index (χ1n) is 9.06. The van der Waals surface area contributed by atoms with Crippen LogP contribution in [0.15, 0.2) is 18.2 Å². The highest BCUT2D eigenvalue weighted by Gasteiger charge is 2.27. The average molecular weight is 420 g/mol. The SMILES string of the molecule is CCOC(=O)c1c(NC(=S)Nc2cccc([N+](=O)[O-])c2C)sc2c1CCCC2. The molecule has 0 bridgehead atoms. The summed E-state index contributed by atoms with van der Waals surface area (Å²) in [5.41, 5.74) is 2.66. The number of nitro groups is 1. The van der Waals surface area contributed by atoms with Crippen molar-refractivity contribution in [2.75, 3.05) is 17.2 Å². The Kier molecular flexibility index (Phi) is 6.25. The van der Waals surface area contributed by atoms with Crippen LogP contribution in [0.25, 0.3) is 0 Å². The van der Waals surface area contributed by atoms with Gasteiger partial charge in [-0.1, -0.05) is 6.07 Å². The fourth-order valence-corrected chi connectivity index (χ4v) is 4.84. The van der Waals surface area contributed by atoms with E-state index >= 15 is 0 Å². The molecule has 9 heteroatoms. The Bertz CT molecular complexity index is 940. The third-order valence-corrected chi connectivity index (χ3v) is 6.04. The minimum Gasteiger partial charge on any atom is -0.462 e. The molecule has 0 atom stereocenters. The number of thiophene rings is 1. The average Bonchev–Trinajstić information content (AvgIpc) is 3.01. The van der Waals surface area contributed by atoms with Gasteiger partial charge in [0.05, 0.1) is 28.3 Å². The van der Waals surface area contributed by atoms with Gasteiger partial charge in [0.15, 0.2) is 5.11 Å². The number of anilines is 2. The maximum atomic E-state index is 12.5. The van der Waals surface area contributed by atoms with Crippen LogP contribution in [0.2, 0.25) is 0 Å². The molecule has 0 saturated carbocycles. The van der Waals surface area contributed by atoms with Crippen LogP contribution in [0, 0.1) is 17.0 Å². The first-order valence-corrected chi connectivity index (χ1v) is 10.3. The lowest BCUT2D eigenvalue weighted by atomic mass is 9.95. The standard InChI is InChI=1S/C19H21N3O4S2/c1-3-26-18(23)16-12-7-4-5-10-15(12)28-17(16)21-19(27)20-13-8-6-9-14(11(13)2)22(24)25/h6,8-9H,3-5,7,10H2,1-2H3,(H2,20,21,27). The molecule has 7 nitrogen and oxygen atoms in total. The zero-order valence-corrected chi connectivity index (χ0v) is 17.3. The molecule has 0 spiro atoms. The van der Waals surface area contributed by atoms with Crippen molar-refractivity contribution in [1.29, 1.82) is 0 Å². The second-order valence-electron chi connectivity index (χ2n) is 6.42. The topological polar surface area (TPSA) is 93.5 Å². The van der Waals surface area contributed by atoms with Crippen molar-refractivity contribution in [2.24, 2.45) is 0 Å². The van der Waals surface area contributed by atoms with Crippen LogP contribution < -0.4 is 10.6 Å². The summed E-state index contributed by atoms with van der Waals surface area (Å²) in [5, 5.41) is 18.2. The summed E-state index contributed by atoms with van der Waals surface area (Å²) in [6.07, 6.45) is 3.94. The normalized spacial score (nSPS) is 12.8. The molecule has 1 aromatic carbocycles. The van der Waals surface area contributed by atoms with Gasteiger partial charge in [-0.15, -0.1) is 11.3 Å². The molecule has 28 heavy (non-hydrogen) atoms. The van der Waals surface area contributed by atoms with E-state index in [1.165, 1.54) is 22.3 Å². The fourth-order valence-electron chi connectivity index (χ4n) is 3.29. The summed E-state index contributed by atoms with van der Waals surface area (Å²) < 4.78 is 5.24. The Morgan fingerprint density at radius 3 is 2.79 bits per heavy atom. The molecule has 148 valence electrons. The molecule has 3 rings (SSSR count). The van der Waals surface area contributed by atoms with E-state index in [-0.39, 0.29) is 16.8 Å². The third kappa shape index (κ3) is 4.15. The number of hydrogen-bond donors (Lipinski definition) is 2. The van der Waals surface area contributed by atoms with Crippen molar-refractivity contribution in [3.05, 3.63) is 49.9 Å². The van der Waals surface area contributed by atoms with Crippen LogP contribution in [0.1, 0.15) is 46.1 Å².